The number of amides is 1. The molecule has 0 bridgehead atoms. The first-order valence-electron chi connectivity index (χ1n) is 10.7. The molecule has 4 rings (SSSR count). The highest BCUT2D eigenvalue weighted by molar-refractivity contribution is 9.11. The van der Waals surface area contributed by atoms with Gasteiger partial charge in [-0.2, -0.15) is 0 Å². The van der Waals surface area contributed by atoms with Gasteiger partial charge in [-0.3, -0.25) is 9.59 Å². The van der Waals surface area contributed by atoms with Crippen molar-refractivity contribution in [2.24, 2.45) is 0 Å². The topological polar surface area (TPSA) is 78.7 Å². The molecule has 2 aliphatic rings. The zero-order chi connectivity index (χ0) is 22.8. The first kappa shape index (κ1) is 22.9. The highest BCUT2D eigenvalue weighted by atomic mass is 79.9. The number of para-hydroxylation sites is 1. The van der Waals surface area contributed by atoms with E-state index in [0.29, 0.717) is 39.3 Å². The molecule has 0 aliphatic carbocycles. The third-order valence-corrected chi connectivity index (χ3v) is 7.52. The second-order valence-electron chi connectivity index (χ2n) is 8.25. The number of fused-ring (bicyclic) bond motifs is 1. The second-order valence-corrected chi connectivity index (χ2v) is 9.95. The molecule has 3 N–H and O–H groups in total. The number of rotatable bonds is 5. The molecule has 2 aromatic rings. The molecule has 1 saturated heterocycles. The van der Waals surface area contributed by atoms with E-state index in [2.05, 4.69) is 66.9 Å². The molecular formula is C24H26Br2N4O2. The van der Waals surface area contributed by atoms with Crippen LogP contribution in [0.5, 0.6) is 0 Å². The molecular weight excluding hydrogens is 536 g/mol. The standard InChI is InChI=1S/C24H26Br2N4O2/c1-15-28-21-5-3-2-4-16(21)14-30(15)18-8-10-29(11-9-18)23(32)7-6-22(31)17-12-19(25)24(27)20(26)13-17/h2-5,12-13,18,28H,1,6-11,14,27H2. The van der Waals surface area contributed by atoms with Crippen molar-refractivity contribution < 1.29 is 9.59 Å². The molecule has 168 valence electrons. The number of likely N-dealkylation sites (tertiary alicyclic amines) is 1. The number of benzene rings is 2. The van der Waals surface area contributed by atoms with Gasteiger partial charge in [0.25, 0.3) is 0 Å². The van der Waals surface area contributed by atoms with Crippen LogP contribution >= 0.6 is 31.9 Å². The molecule has 32 heavy (non-hydrogen) atoms. The van der Waals surface area contributed by atoms with Gasteiger partial charge in [0.05, 0.1) is 11.5 Å². The molecule has 0 saturated carbocycles. The Bertz CT molecular complexity index is 1040. The number of carbonyl (C=O) groups is 2. The Morgan fingerprint density at radius 3 is 2.44 bits per heavy atom. The summed E-state index contributed by atoms with van der Waals surface area (Å²) in [5, 5.41) is 3.40. The third kappa shape index (κ3) is 4.86. The third-order valence-electron chi connectivity index (χ3n) is 6.21. The maximum Gasteiger partial charge on any atom is 0.223 e. The average Bonchev–Trinajstić information content (AvgIpc) is 2.80. The van der Waals surface area contributed by atoms with Gasteiger partial charge in [-0.25, -0.2) is 0 Å². The number of carbonyl (C=O) groups excluding carboxylic acids is 2. The minimum Gasteiger partial charge on any atom is -0.397 e. The summed E-state index contributed by atoms with van der Waals surface area (Å²) < 4.78 is 1.33. The normalized spacial score (nSPS) is 16.5. The van der Waals surface area contributed by atoms with E-state index in [4.69, 9.17) is 5.73 Å². The number of Topliss-reactive ketones (excluding diaryl/α,β-unsaturated/α-hetero) is 1. The summed E-state index contributed by atoms with van der Waals surface area (Å²) in [5.41, 5.74) is 9.36. The van der Waals surface area contributed by atoms with Gasteiger partial charge in [0.1, 0.15) is 0 Å². The van der Waals surface area contributed by atoms with Gasteiger partial charge in [0, 0.05) is 58.7 Å². The second kappa shape index (κ2) is 9.67. The number of nitrogen functional groups attached to an aromatic ring is 1. The monoisotopic (exact) mass is 560 g/mol. The van der Waals surface area contributed by atoms with E-state index in [1.165, 1.54) is 5.56 Å². The average molecular weight is 562 g/mol. The molecule has 2 heterocycles. The van der Waals surface area contributed by atoms with Crippen LogP contribution in [0.1, 0.15) is 41.6 Å². The molecule has 8 heteroatoms. The summed E-state index contributed by atoms with van der Waals surface area (Å²) in [5.74, 6) is 0.884. The number of halogens is 2. The lowest BCUT2D eigenvalue weighted by Crippen LogP contribution is -2.47. The highest BCUT2D eigenvalue weighted by Gasteiger charge is 2.30. The molecule has 0 unspecified atom stereocenters. The summed E-state index contributed by atoms with van der Waals surface area (Å²) in [6, 6.07) is 12.0. The van der Waals surface area contributed by atoms with Gasteiger partial charge >= 0.3 is 0 Å². The van der Waals surface area contributed by atoms with Crippen molar-refractivity contribution in [3.05, 3.63) is 68.9 Å². The fourth-order valence-corrected chi connectivity index (χ4v) is 5.52. The summed E-state index contributed by atoms with van der Waals surface area (Å²) in [6.07, 6.45) is 2.18. The van der Waals surface area contributed by atoms with Crippen molar-refractivity contribution in [1.29, 1.82) is 0 Å². The number of nitrogens with zero attached hydrogens (tertiary/aromatic N) is 2. The minimum atomic E-state index is -0.0657. The molecule has 2 aliphatic heterocycles. The summed E-state index contributed by atoms with van der Waals surface area (Å²) in [7, 11) is 0. The largest absolute Gasteiger partial charge is 0.397 e. The number of nitrogens with one attached hydrogen (secondary N) is 1. The van der Waals surface area contributed by atoms with Crippen molar-refractivity contribution in [3.63, 3.8) is 0 Å². The van der Waals surface area contributed by atoms with Gasteiger partial charge in [-0.05, 0) is 68.5 Å². The van der Waals surface area contributed by atoms with Crippen molar-refractivity contribution in [1.82, 2.24) is 9.80 Å². The highest BCUT2D eigenvalue weighted by Crippen LogP contribution is 2.32. The van der Waals surface area contributed by atoms with E-state index in [1.807, 2.05) is 11.0 Å². The van der Waals surface area contributed by atoms with Gasteiger partial charge in [0.2, 0.25) is 5.91 Å². The Hall–Kier alpha value is -2.32. The number of piperidine rings is 1. The Balaban J connectivity index is 1.28. The number of anilines is 2. The predicted molar refractivity (Wildman–Crippen MR) is 134 cm³/mol. The van der Waals surface area contributed by atoms with Crippen LogP contribution in [0.4, 0.5) is 11.4 Å². The number of nitrogens with two attached hydrogens (primary N) is 1. The Labute approximate surface area is 205 Å². The van der Waals surface area contributed by atoms with Crippen LogP contribution in [0.3, 0.4) is 0 Å². The summed E-state index contributed by atoms with van der Waals surface area (Å²) >= 11 is 6.72. The van der Waals surface area contributed by atoms with Gasteiger partial charge in [0.15, 0.2) is 5.78 Å². The van der Waals surface area contributed by atoms with Crippen molar-refractivity contribution in [2.75, 3.05) is 24.1 Å². The lowest BCUT2D eigenvalue weighted by Gasteiger charge is -2.43. The maximum absolute atomic E-state index is 12.7. The first-order valence-corrected chi connectivity index (χ1v) is 12.3. The van der Waals surface area contributed by atoms with Crippen LogP contribution in [-0.2, 0) is 11.3 Å². The maximum atomic E-state index is 12.7. The Morgan fingerprint density at radius 1 is 1.09 bits per heavy atom. The zero-order valence-corrected chi connectivity index (χ0v) is 20.9. The molecule has 0 aromatic heterocycles. The van der Waals surface area contributed by atoms with Gasteiger partial charge < -0.3 is 20.9 Å². The summed E-state index contributed by atoms with van der Waals surface area (Å²) in [6.45, 7) is 6.43. The number of hydrogen-bond donors (Lipinski definition) is 2. The minimum absolute atomic E-state index is 0.0336. The van der Waals surface area contributed by atoms with E-state index in [1.54, 1.807) is 12.1 Å². The number of ketones is 1. The van der Waals surface area contributed by atoms with E-state index in [-0.39, 0.29) is 24.5 Å². The Kier molecular flexibility index (Phi) is 6.90. The quantitative estimate of drug-likeness (QED) is 0.390. The van der Waals surface area contributed by atoms with Crippen LogP contribution in [0.25, 0.3) is 0 Å². The van der Waals surface area contributed by atoms with Gasteiger partial charge in [-0.1, -0.05) is 24.8 Å². The SMILES string of the molecule is C=C1Nc2ccccc2CN1C1CCN(C(=O)CCC(=O)c2cc(Br)c(N)c(Br)c2)CC1. The molecule has 0 spiro atoms. The van der Waals surface area contributed by atoms with Crippen molar-refractivity contribution in [3.8, 4) is 0 Å². The van der Waals surface area contributed by atoms with E-state index in [9.17, 15) is 9.59 Å². The summed E-state index contributed by atoms with van der Waals surface area (Å²) in [4.78, 5) is 29.5. The van der Waals surface area contributed by atoms with Crippen LogP contribution in [0.2, 0.25) is 0 Å². The van der Waals surface area contributed by atoms with Crippen molar-refractivity contribution >= 4 is 54.9 Å². The predicted octanol–water partition coefficient (Wildman–Crippen LogP) is 5.15. The first-order chi connectivity index (χ1) is 15.3. The van der Waals surface area contributed by atoms with Gasteiger partial charge in [-0.15, -0.1) is 0 Å². The molecule has 6 nitrogen and oxygen atoms in total. The molecule has 1 amide bonds. The lowest BCUT2D eigenvalue weighted by molar-refractivity contribution is -0.132. The van der Waals surface area contributed by atoms with E-state index in [0.717, 1.165) is 30.9 Å². The van der Waals surface area contributed by atoms with Crippen LogP contribution in [-0.4, -0.2) is 40.6 Å². The Morgan fingerprint density at radius 2 is 1.75 bits per heavy atom. The molecule has 0 radical (unpaired) electrons. The lowest BCUT2D eigenvalue weighted by atomic mass is 9.99. The van der Waals surface area contributed by atoms with Crippen LogP contribution in [0.15, 0.2) is 57.7 Å². The van der Waals surface area contributed by atoms with Crippen LogP contribution in [0, 0.1) is 0 Å². The smallest absolute Gasteiger partial charge is 0.223 e. The molecule has 0 atom stereocenters. The van der Waals surface area contributed by atoms with Crippen LogP contribution < -0.4 is 11.1 Å². The van der Waals surface area contributed by atoms with E-state index < -0.39 is 0 Å². The fraction of sp³-hybridized carbons (Fsp3) is 0.333. The van der Waals surface area contributed by atoms with Crippen molar-refractivity contribution in [2.45, 2.75) is 38.3 Å². The fourth-order valence-electron chi connectivity index (χ4n) is 4.33. The molecule has 2 aromatic carbocycles. The number of hydrogen-bond acceptors (Lipinski definition) is 5. The molecule has 1 fully saturated rings. The van der Waals surface area contributed by atoms with E-state index >= 15 is 0 Å². The zero-order valence-electron chi connectivity index (χ0n) is 17.7.